The normalized spacial score (nSPS) is 13.6. The predicted octanol–water partition coefficient (Wildman–Crippen LogP) is 1.57. The number of benzene rings is 1. The van der Waals surface area contributed by atoms with Gasteiger partial charge in [0.05, 0.1) is 0 Å². The number of carboxylic acid groups (broad SMARTS) is 1. The molecule has 5 nitrogen and oxygen atoms in total. The van der Waals surface area contributed by atoms with Crippen molar-refractivity contribution in [2.24, 2.45) is 0 Å². The molecule has 0 aliphatic rings. The molecule has 0 fully saturated rings. The summed E-state index contributed by atoms with van der Waals surface area (Å²) in [5.41, 5.74) is 0.880. The largest absolute Gasteiger partial charge is 0.480 e. The zero-order valence-corrected chi connectivity index (χ0v) is 12.1. The van der Waals surface area contributed by atoms with E-state index in [0.29, 0.717) is 6.42 Å². The lowest BCUT2D eigenvalue weighted by atomic mass is 10.0. The Labute approximate surface area is 119 Å². The number of nitrogens with zero attached hydrogens (tertiary/aromatic N) is 1. The minimum absolute atomic E-state index is 0.276. The zero-order valence-electron chi connectivity index (χ0n) is 12.1. The van der Waals surface area contributed by atoms with E-state index >= 15 is 0 Å². The number of carbonyl (C=O) groups excluding carboxylic acids is 1. The molecule has 1 N–H and O–H groups in total. The van der Waals surface area contributed by atoms with Crippen molar-refractivity contribution < 1.29 is 19.4 Å². The van der Waals surface area contributed by atoms with Crippen molar-refractivity contribution in [2.45, 2.75) is 31.9 Å². The van der Waals surface area contributed by atoms with Crippen molar-refractivity contribution in [3.05, 3.63) is 35.9 Å². The first-order valence-electron chi connectivity index (χ1n) is 6.57. The standard InChI is InChI=1S/C15H21NO4/c1-4-13(20-3)14(17)16(2)12(15(18)19)10-11-8-6-5-7-9-11/h5-9,12-13H,4,10H2,1-3H3,(H,18,19). The third kappa shape index (κ3) is 4.06. The Morgan fingerprint density at radius 3 is 2.35 bits per heavy atom. The second kappa shape index (κ2) is 7.65. The second-order valence-corrected chi connectivity index (χ2v) is 4.63. The minimum Gasteiger partial charge on any atom is -0.480 e. The number of methoxy groups -OCH3 is 1. The van der Waals surface area contributed by atoms with Crippen molar-refractivity contribution in [2.75, 3.05) is 14.2 Å². The van der Waals surface area contributed by atoms with Crippen LogP contribution in [0.5, 0.6) is 0 Å². The van der Waals surface area contributed by atoms with E-state index in [1.807, 2.05) is 37.3 Å². The minimum atomic E-state index is -1.02. The van der Waals surface area contributed by atoms with Gasteiger partial charge in [0.2, 0.25) is 0 Å². The summed E-state index contributed by atoms with van der Waals surface area (Å²) in [5, 5.41) is 9.35. The fourth-order valence-electron chi connectivity index (χ4n) is 2.05. The number of ether oxygens (including phenoxy) is 1. The van der Waals surface area contributed by atoms with Crippen molar-refractivity contribution in [1.29, 1.82) is 0 Å². The lowest BCUT2D eigenvalue weighted by Crippen LogP contribution is -2.48. The highest BCUT2D eigenvalue weighted by Gasteiger charge is 2.30. The quantitative estimate of drug-likeness (QED) is 0.822. The van der Waals surface area contributed by atoms with Crippen LogP contribution >= 0.6 is 0 Å². The first-order valence-corrected chi connectivity index (χ1v) is 6.57. The zero-order chi connectivity index (χ0) is 15.1. The summed E-state index contributed by atoms with van der Waals surface area (Å²) in [7, 11) is 2.96. The Morgan fingerprint density at radius 1 is 1.30 bits per heavy atom. The summed E-state index contributed by atoms with van der Waals surface area (Å²) >= 11 is 0. The summed E-state index contributed by atoms with van der Waals surface area (Å²) in [6.07, 6.45) is 0.188. The van der Waals surface area contributed by atoms with Gasteiger partial charge in [-0.15, -0.1) is 0 Å². The van der Waals surface area contributed by atoms with Gasteiger partial charge in [-0.3, -0.25) is 4.79 Å². The molecule has 0 aromatic heterocycles. The van der Waals surface area contributed by atoms with Crippen molar-refractivity contribution in [3.8, 4) is 0 Å². The van der Waals surface area contributed by atoms with Crippen LogP contribution < -0.4 is 0 Å². The average Bonchev–Trinajstić information content (AvgIpc) is 2.46. The van der Waals surface area contributed by atoms with Crippen LogP contribution in [0.25, 0.3) is 0 Å². The van der Waals surface area contributed by atoms with Crippen molar-refractivity contribution >= 4 is 11.9 Å². The smallest absolute Gasteiger partial charge is 0.326 e. The van der Waals surface area contributed by atoms with Crippen LogP contribution in [0, 0.1) is 0 Å². The molecule has 1 rings (SSSR count). The molecular formula is C15H21NO4. The number of carboxylic acids is 1. The first kappa shape index (κ1) is 16.2. The van der Waals surface area contributed by atoms with Crippen molar-refractivity contribution in [3.63, 3.8) is 0 Å². The van der Waals surface area contributed by atoms with E-state index in [-0.39, 0.29) is 12.3 Å². The third-order valence-corrected chi connectivity index (χ3v) is 3.30. The van der Waals surface area contributed by atoms with Gasteiger partial charge in [-0.05, 0) is 12.0 Å². The van der Waals surface area contributed by atoms with Crippen LogP contribution in [-0.2, 0) is 20.7 Å². The van der Waals surface area contributed by atoms with Crippen LogP contribution in [-0.4, -0.2) is 48.2 Å². The monoisotopic (exact) mass is 279 g/mol. The average molecular weight is 279 g/mol. The van der Waals surface area contributed by atoms with Crippen molar-refractivity contribution in [1.82, 2.24) is 4.90 Å². The molecule has 2 atom stereocenters. The Kier molecular flexibility index (Phi) is 6.18. The summed E-state index contributed by atoms with van der Waals surface area (Å²) in [6, 6.07) is 8.37. The number of likely N-dealkylation sites (N-methyl/N-ethyl adjacent to an activating group) is 1. The van der Waals surface area contributed by atoms with Gasteiger partial charge >= 0.3 is 5.97 Å². The fourth-order valence-corrected chi connectivity index (χ4v) is 2.05. The Morgan fingerprint density at radius 2 is 1.90 bits per heavy atom. The van der Waals surface area contributed by atoms with Gasteiger partial charge in [-0.1, -0.05) is 37.3 Å². The molecule has 110 valence electrons. The molecule has 1 amide bonds. The van der Waals surface area contributed by atoms with Gasteiger partial charge in [0, 0.05) is 20.6 Å². The molecule has 1 aromatic carbocycles. The second-order valence-electron chi connectivity index (χ2n) is 4.63. The lowest BCUT2D eigenvalue weighted by Gasteiger charge is -2.28. The Balaban J connectivity index is 2.85. The maximum atomic E-state index is 12.2. The van der Waals surface area contributed by atoms with Gasteiger partial charge in [0.15, 0.2) is 0 Å². The van der Waals surface area contributed by atoms with Crippen LogP contribution in [0.15, 0.2) is 30.3 Å². The molecule has 0 aliphatic carbocycles. The predicted molar refractivity (Wildman–Crippen MR) is 75.4 cm³/mol. The van der Waals surface area contributed by atoms with Crippen LogP contribution in [0.4, 0.5) is 0 Å². The topological polar surface area (TPSA) is 66.8 Å². The highest BCUT2D eigenvalue weighted by Crippen LogP contribution is 2.11. The molecule has 0 radical (unpaired) electrons. The van der Waals surface area contributed by atoms with Crippen LogP contribution in [0.3, 0.4) is 0 Å². The summed E-state index contributed by atoms with van der Waals surface area (Å²) in [4.78, 5) is 24.9. The number of rotatable bonds is 7. The molecule has 20 heavy (non-hydrogen) atoms. The number of carbonyl (C=O) groups is 2. The fraction of sp³-hybridized carbons (Fsp3) is 0.467. The molecule has 0 saturated carbocycles. The van der Waals surface area contributed by atoms with Crippen LogP contribution in [0.1, 0.15) is 18.9 Å². The SMILES string of the molecule is CCC(OC)C(=O)N(C)C(Cc1ccccc1)C(=O)O. The van der Waals surface area contributed by atoms with E-state index in [9.17, 15) is 14.7 Å². The van der Waals surface area contributed by atoms with E-state index in [1.54, 1.807) is 0 Å². The van der Waals surface area contributed by atoms with E-state index in [0.717, 1.165) is 5.56 Å². The van der Waals surface area contributed by atoms with Gasteiger partial charge in [-0.25, -0.2) is 4.79 Å². The van der Waals surface area contributed by atoms with Crippen LogP contribution in [0.2, 0.25) is 0 Å². The molecule has 0 spiro atoms. The van der Waals surface area contributed by atoms with Gasteiger partial charge < -0.3 is 14.7 Å². The molecule has 0 saturated heterocycles. The summed E-state index contributed by atoms with van der Waals surface area (Å²) in [6.45, 7) is 1.83. The number of aliphatic carboxylic acids is 1. The highest BCUT2D eigenvalue weighted by molar-refractivity contribution is 5.86. The number of hydrogen-bond donors (Lipinski definition) is 1. The molecule has 0 bridgehead atoms. The summed E-state index contributed by atoms with van der Waals surface area (Å²) < 4.78 is 5.08. The van der Waals surface area contributed by atoms with Gasteiger partial charge in [0.25, 0.3) is 5.91 Å². The number of hydrogen-bond acceptors (Lipinski definition) is 3. The van der Waals surface area contributed by atoms with E-state index in [4.69, 9.17) is 4.74 Å². The molecule has 0 heterocycles. The van der Waals surface area contributed by atoms with E-state index in [2.05, 4.69) is 0 Å². The van der Waals surface area contributed by atoms with Gasteiger partial charge in [0.1, 0.15) is 12.1 Å². The molecule has 0 aliphatic heterocycles. The first-order chi connectivity index (χ1) is 9.51. The highest BCUT2D eigenvalue weighted by atomic mass is 16.5. The Hall–Kier alpha value is -1.88. The third-order valence-electron chi connectivity index (χ3n) is 3.30. The lowest BCUT2D eigenvalue weighted by molar-refractivity contribution is -0.153. The van der Waals surface area contributed by atoms with Gasteiger partial charge in [-0.2, -0.15) is 0 Å². The molecule has 1 aromatic rings. The number of amides is 1. The molecular weight excluding hydrogens is 258 g/mol. The Bertz CT molecular complexity index is 442. The maximum absolute atomic E-state index is 12.2. The molecule has 2 unspecified atom stereocenters. The maximum Gasteiger partial charge on any atom is 0.326 e. The molecule has 5 heteroatoms. The van der Waals surface area contributed by atoms with E-state index in [1.165, 1.54) is 19.1 Å². The summed E-state index contributed by atoms with van der Waals surface area (Å²) in [5.74, 6) is -1.33. The van der Waals surface area contributed by atoms with E-state index < -0.39 is 18.1 Å².